The molecule has 4 heteroatoms. The molecule has 94 valence electrons. The van der Waals surface area contributed by atoms with E-state index in [9.17, 15) is 9.90 Å². The van der Waals surface area contributed by atoms with Crippen LogP contribution < -0.4 is 5.32 Å². The number of hydrogen-bond acceptors (Lipinski definition) is 3. The Balaban J connectivity index is 2.43. The maximum atomic E-state index is 11.0. The lowest BCUT2D eigenvalue weighted by Gasteiger charge is -2.33. The van der Waals surface area contributed by atoms with E-state index in [1.807, 2.05) is 0 Å². The topological polar surface area (TPSA) is 69.6 Å². The summed E-state index contributed by atoms with van der Waals surface area (Å²) in [7, 11) is 0. The fraction of sp³-hybridized carbons (Fsp3) is 0.917. The second kappa shape index (κ2) is 5.64. The second-order valence-corrected chi connectivity index (χ2v) is 5.40. The highest BCUT2D eigenvalue weighted by Crippen LogP contribution is 2.25. The third-order valence-corrected chi connectivity index (χ3v) is 3.53. The van der Waals surface area contributed by atoms with E-state index in [2.05, 4.69) is 5.32 Å². The van der Waals surface area contributed by atoms with Gasteiger partial charge in [-0.25, -0.2) is 0 Å². The van der Waals surface area contributed by atoms with Gasteiger partial charge in [0, 0.05) is 19.2 Å². The smallest absolute Gasteiger partial charge is 0.310 e. The molecule has 0 amide bonds. The first-order valence-corrected chi connectivity index (χ1v) is 6.05. The first kappa shape index (κ1) is 13.5. The van der Waals surface area contributed by atoms with Crippen molar-refractivity contribution in [2.75, 3.05) is 13.2 Å². The summed E-state index contributed by atoms with van der Waals surface area (Å²) in [5.41, 5.74) is -0.739. The summed E-state index contributed by atoms with van der Waals surface area (Å²) in [6, 6.07) is 0.275. The van der Waals surface area contributed by atoms with E-state index in [-0.39, 0.29) is 12.6 Å². The Morgan fingerprint density at radius 3 is 2.56 bits per heavy atom. The van der Waals surface area contributed by atoms with Crippen molar-refractivity contribution in [1.29, 1.82) is 0 Å². The molecule has 0 bridgehead atoms. The minimum absolute atomic E-state index is 0.200. The molecule has 1 aliphatic carbocycles. The monoisotopic (exact) mass is 229 g/mol. The van der Waals surface area contributed by atoms with Gasteiger partial charge in [-0.3, -0.25) is 4.79 Å². The molecule has 0 radical (unpaired) electrons. The molecule has 0 aromatic heterocycles. The maximum absolute atomic E-state index is 11.0. The van der Waals surface area contributed by atoms with Crippen molar-refractivity contribution in [2.24, 2.45) is 11.3 Å². The van der Waals surface area contributed by atoms with Crippen LogP contribution in [-0.2, 0) is 4.79 Å². The number of carboxylic acids is 1. The molecule has 0 saturated heterocycles. The maximum Gasteiger partial charge on any atom is 0.310 e. The van der Waals surface area contributed by atoms with Crippen molar-refractivity contribution in [3.63, 3.8) is 0 Å². The minimum Gasteiger partial charge on any atom is -0.481 e. The van der Waals surface area contributed by atoms with E-state index in [0.29, 0.717) is 12.5 Å². The van der Waals surface area contributed by atoms with Crippen LogP contribution in [0.25, 0.3) is 0 Å². The van der Waals surface area contributed by atoms with Gasteiger partial charge in [-0.1, -0.05) is 12.8 Å². The first-order valence-electron chi connectivity index (χ1n) is 6.05. The number of carboxylic acid groups (broad SMARTS) is 1. The fourth-order valence-electron chi connectivity index (χ4n) is 2.16. The number of hydrogen-bond donors (Lipinski definition) is 3. The third-order valence-electron chi connectivity index (χ3n) is 3.53. The Labute approximate surface area is 97.0 Å². The minimum atomic E-state index is -0.781. The highest BCUT2D eigenvalue weighted by atomic mass is 16.4. The van der Waals surface area contributed by atoms with E-state index in [1.54, 1.807) is 13.8 Å². The van der Waals surface area contributed by atoms with E-state index < -0.39 is 11.4 Å². The standard InChI is InChI=1S/C12H23NO3/c1-12(2,11(15)16)8-13-10-6-4-3-5-9(10)7-14/h9-10,13-14H,3-8H2,1-2H3,(H,15,16). The second-order valence-electron chi connectivity index (χ2n) is 5.40. The summed E-state index contributed by atoms with van der Waals surface area (Å²) in [4.78, 5) is 11.0. The van der Waals surface area contributed by atoms with Gasteiger partial charge in [0.05, 0.1) is 5.41 Å². The van der Waals surface area contributed by atoms with Crippen LogP contribution in [0.3, 0.4) is 0 Å². The number of aliphatic hydroxyl groups is 1. The summed E-state index contributed by atoms with van der Waals surface area (Å²) in [5.74, 6) is -0.491. The Morgan fingerprint density at radius 1 is 1.38 bits per heavy atom. The van der Waals surface area contributed by atoms with E-state index in [1.165, 1.54) is 12.8 Å². The van der Waals surface area contributed by atoms with Gasteiger partial charge in [0.15, 0.2) is 0 Å². The molecule has 0 heterocycles. The number of carbonyl (C=O) groups is 1. The third kappa shape index (κ3) is 3.46. The van der Waals surface area contributed by atoms with Gasteiger partial charge in [-0.15, -0.1) is 0 Å². The Morgan fingerprint density at radius 2 is 2.00 bits per heavy atom. The first-order chi connectivity index (χ1) is 7.47. The molecule has 0 aromatic carbocycles. The van der Waals surface area contributed by atoms with Gasteiger partial charge in [0.25, 0.3) is 0 Å². The van der Waals surface area contributed by atoms with E-state index >= 15 is 0 Å². The van der Waals surface area contributed by atoms with Crippen LogP contribution in [0.15, 0.2) is 0 Å². The number of aliphatic carboxylic acids is 1. The SMILES string of the molecule is CC(C)(CNC1CCCCC1CO)C(=O)O. The van der Waals surface area contributed by atoms with Crippen molar-refractivity contribution >= 4 is 5.97 Å². The van der Waals surface area contributed by atoms with E-state index in [4.69, 9.17) is 5.11 Å². The van der Waals surface area contributed by atoms with Crippen LogP contribution in [0.2, 0.25) is 0 Å². The molecule has 4 nitrogen and oxygen atoms in total. The largest absolute Gasteiger partial charge is 0.481 e. The van der Waals surface area contributed by atoms with Crippen molar-refractivity contribution in [3.05, 3.63) is 0 Å². The number of aliphatic hydroxyl groups excluding tert-OH is 1. The number of nitrogens with one attached hydrogen (secondary N) is 1. The summed E-state index contributed by atoms with van der Waals surface area (Å²) < 4.78 is 0. The summed E-state index contributed by atoms with van der Waals surface area (Å²) >= 11 is 0. The molecule has 0 spiro atoms. The molecule has 1 saturated carbocycles. The zero-order chi connectivity index (χ0) is 12.2. The average Bonchev–Trinajstić information content (AvgIpc) is 2.26. The molecule has 2 unspecified atom stereocenters. The lowest BCUT2D eigenvalue weighted by atomic mass is 9.84. The molecule has 16 heavy (non-hydrogen) atoms. The summed E-state index contributed by atoms with van der Waals surface area (Å²) in [5, 5.41) is 21.6. The summed E-state index contributed by atoms with van der Waals surface area (Å²) in [6.45, 7) is 4.10. The van der Waals surface area contributed by atoms with Gasteiger partial charge in [0.1, 0.15) is 0 Å². The van der Waals surface area contributed by atoms with Crippen molar-refractivity contribution in [3.8, 4) is 0 Å². The fourth-order valence-corrected chi connectivity index (χ4v) is 2.16. The van der Waals surface area contributed by atoms with Crippen molar-refractivity contribution in [1.82, 2.24) is 5.32 Å². The van der Waals surface area contributed by atoms with Crippen LogP contribution in [-0.4, -0.2) is 35.4 Å². The zero-order valence-corrected chi connectivity index (χ0v) is 10.2. The Hall–Kier alpha value is -0.610. The molecule has 0 aromatic rings. The van der Waals surface area contributed by atoms with Gasteiger partial charge >= 0.3 is 5.97 Å². The van der Waals surface area contributed by atoms with Gasteiger partial charge in [-0.2, -0.15) is 0 Å². The van der Waals surface area contributed by atoms with Crippen LogP contribution >= 0.6 is 0 Å². The Kier molecular flexibility index (Phi) is 4.74. The lowest BCUT2D eigenvalue weighted by molar-refractivity contribution is -0.146. The molecule has 3 N–H and O–H groups in total. The predicted molar refractivity (Wildman–Crippen MR) is 62.3 cm³/mol. The molecule has 1 aliphatic rings. The van der Waals surface area contributed by atoms with Crippen LogP contribution in [0.1, 0.15) is 39.5 Å². The molecule has 0 aliphatic heterocycles. The van der Waals surface area contributed by atoms with Crippen molar-refractivity contribution < 1.29 is 15.0 Å². The van der Waals surface area contributed by atoms with Gasteiger partial charge in [0.2, 0.25) is 0 Å². The highest BCUT2D eigenvalue weighted by molar-refractivity contribution is 5.73. The lowest BCUT2D eigenvalue weighted by Crippen LogP contribution is -2.46. The normalized spacial score (nSPS) is 26.7. The van der Waals surface area contributed by atoms with Crippen LogP contribution in [0.4, 0.5) is 0 Å². The quantitative estimate of drug-likeness (QED) is 0.663. The van der Waals surface area contributed by atoms with Crippen LogP contribution in [0, 0.1) is 11.3 Å². The molecule has 1 fully saturated rings. The molecule has 1 rings (SSSR count). The van der Waals surface area contributed by atoms with Crippen LogP contribution in [0.5, 0.6) is 0 Å². The predicted octanol–water partition coefficient (Wildman–Crippen LogP) is 1.24. The average molecular weight is 229 g/mol. The van der Waals surface area contributed by atoms with Gasteiger partial charge < -0.3 is 15.5 Å². The van der Waals surface area contributed by atoms with Gasteiger partial charge in [-0.05, 0) is 32.6 Å². The Bertz CT molecular complexity index is 240. The molecule has 2 atom stereocenters. The summed E-state index contributed by atoms with van der Waals surface area (Å²) in [6.07, 6.45) is 4.43. The van der Waals surface area contributed by atoms with E-state index in [0.717, 1.165) is 12.8 Å². The van der Waals surface area contributed by atoms with Crippen molar-refractivity contribution in [2.45, 2.75) is 45.6 Å². The highest BCUT2D eigenvalue weighted by Gasteiger charge is 2.30. The molecular weight excluding hydrogens is 206 g/mol. The molecular formula is C12H23NO3. The number of rotatable bonds is 5. The zero-order valence-electron chi connectivity index (χ0n) is 10.2.